The van der Waals surface area contributed by atoms with E-state index in [9.17, 15) is 19.3 Å². The van der Waals surface area contributed by atoms with Crippen LogP contribution in [0, 0.1) is 15.9 Å². The van der Waals surface area contributed by atoms with Gasteiger partial charge in [0.15, 0.2) is 0 Å². The molecule has 1 aromatic carbocycles. The fraction of sp³-hybridized carbons (Fsp3) is 0.300. The van der Waals surface area contributed by atoms with E-state index in [0.717, 1.165) is 12.1 Å². The van der Waals surface area contributed by atoms with Crippen molar-refractivity contribution < 1.29 is 23.6 Å². The molecule has 110 valence electrons. The molecule has 0 aromatic heterocycles. The van der Waals surface area contributed by atoms with E-state index in [0.29, 0.717) is 0 Å². The standard InChI is InChI=1S/C10H11BrFN3O5/c1-19-4-9(10(16)14-13)20-8-3-6(12)5(11)2-7(8)15(17)18/h2-3,9H,4,13H2,1H3,(H,14,16). The molecule has 1 rings (SSSR count). The van der Waals surface area contributed by atoms with Gasteiger partial charge >= 0.3 is 5.69 Å². The molecule has 1 aromatic rings. The minimum Gasteiger partial charge on any atom is -0.471 e. The number of nitrogens with two attached hydrogens (primary N) is 1. The third-order valence-electron chi connectivity index (χ3n) is 2.22. The minimum atomic E-state index is -1.25. The largest absolute Gasteiger partial charge is 0.471 e. The van der Waals surface area contributed by atoms with Crippen LogP contribution in [0.5, 0.6) is 5.75 Å². The Morgan fingerprint density at radius 2 is 2.30 bits per heavy atom. The van der Waals surface area contributed by atoms with Crippen LogP contribution in [0.1, 0.15) is 0 Å². The van der Waals surface area contributed by atoms with Crippen LogP contribution in [0.4, 0.5) is 10.1 Å². The zero-order valence-corrected chi connectivity index (χ0v) is 11.8. The molecule has 0 radical (unpaired) electrons. The molecule has 0 aliphatic rings. The number of amides is 1. The summed E-state index contributed by atoms with van der Waals surface area (Å²) in [5.41, 5.74) is 1.33. The van der Waals surface area contributed by atoms with Crippen LogP contribution in [-0.2, 0) is 9.53 Å². The van der Waals surface area contributed by atoms with Crippen molar-refractivity contribution in [2.75, 3.05) is 13.7 Å². The number of halogens is 2. The van der Waals surface area contributed by atoms with Gasteiger partial charge in [0.2, 0.25) is 11.9 Å². The summed E-state index contributed by atoms with van der Waals surface area (Å²) in [5, 5.41) is 10.9. The Kier molecular flexibility index (Phi) is 5.80. The Morgan fingerprint density at radius 1 is 1.65 bits per heavy atom. The van der Waals surface area contributed by atoms with Crippen LogP contribution >= 0.6 is 15.9 Å². The highest BCUT2D eigenvalue weighted by molar-refractivity contribution is 9.10. The topological polar surface area (TPSA) is 117 Å². The number of nitrogens with one attached hydrogen (secondary N) is 1. The van der Waals surface area contributed by atoms with E-state index in [2.05, 4.69) is 15.9 Å². The van der Waals surface area contributed by atoms with Crippen molar-refractivity contribution in [1.29, 1.82) is 0 Å². The second kappa shape index (κ2) is 7.12. The Morgan fingerprint density at radius 3 is 2.80 bits per heavy atom. The number of ether oxygens (including phenoxy) is 2. The average molecular weight is 352 g/mol. The summed E-state index contributed by atoms with van der Waals surface area (Å²) in [7, 11) is 1.30. The molecular formula is C10H11BrFN3O5. The van der Waals surface area contributed by atoms with Crippen molar-refractivity contribution in [3.63, 3.8) is 0 Å². The van der Waals surface area contributed by atoms with Gasteiger partial charge in [-0.25, -0.2) is 10.2 Å². The quantitative estimate of drug-likeness (QED) is 0.340. The number of nitro groups is 1. The lowest BCUT2D eigenvalue weighted by Crippen LogP contribution is -2.44. The van der Waals surface area contributed by atoms with E-state index in [-0.39, 0.29) is 11.1 Å². The number of hydrogen-bond acceptors (Lipinski definition) is 6. The van der Waals surface area contributed by atoms with Crippen LogP contribution < -0.4 is 16.0 Å². The van der Waals surface area contributed by atoms with Gasteiger partial charge in [0.05, 0.1) is 16.0 Å². The fourth-order valence-electron chi connectivity index (χ4n) is 1.32. The van der Waals surface area contributed by atoms with Crippen LogP contribution in [0.3, 0.4) is 0 Å². The van der Waals surface area contributed by atoms with Crippen LogP contribution in [0.15, 0.2) is 16.6 Å². The fourth-order valence-corrected chi connectivity index (χ4v) is 1.65. The number of carbonyl (C=O) groups is 1. The van der Waals surface area contributed by atoms with Crippen molar-refractivity contribution in [3.05, 3.63) is 32.5 Å². The molecule has 8 nitrogen and oxygen atoms in total. The number of hydrogen-bond donors (Lipinski definition) is 2. The first kappa shape index (κ1) is 16.3. The van der Waals surface area contributed by atoms with Gasteiger partial charge in [-0.2, -0.15) is 0 Å². The smallest absolute Gasteiger partial charge is 0.312 e. The van der Waals surface area contributed by atoms with Crippen molar-refractivity contribution in [3.8, 4) is 5.75 Å². The Bertz CT molecular complexity index is 528. The highest BCUT2D eigenvalue weighted by Gasteiger charge is 2.26. The van der Waals surface area contributed by atoms with Crippen molar-refractivity contribution in [2.24, 2.45) is 5.84 Å². The molecule has 3 N–H and O–H groups in total. The molecule has 0 bridgehead atoms. The first-order valence-corrected chi connectivity index (χ1v) is 5.99. The molecule has 0 saturated carbocycles. The second-order valence-electron chi connectivity index (χ2n) is 3.56. The van der Waals surface area contributed by atoms with Crippen LogP contribution in [-0.4, -0.2) is 30.7 Å². The predicted octanol–water partition coefficient (Wildman–Crippen LogP) is 0.880. The number of nitrogens with zero attached hydrogens (tertiary/aromatic N) is 1. The molecule has 0 heterocycles. The molecule has 1 atom stereocenters. The molecule has 0 aliphatic heterocycles. The number of methoxy groups -OCH3 is 1. The average Bonchev–Trinajstić information content (AvgIpc) is 2.40. The monoisotopic (exact) mass is 351 g/mol. The molecule has 0 fully saturated rings. The summed E-state index contributed by atoms with van der Waals surface area (Å²) >= 11 is 2.83. The molecule has 20 heavy (non-hydrogen) atoms. The highest BCUT2D eigenvalue weighted by Crippen LogP contribution is 2.33. The lowest BCUT2D eigenvalue weighted by Gasteiger charge is -2.16. The SMILES string of the molecule is COCC(Oc1cc(F)c(Br)cc1[N+](=O)[O-])C(=O)NN. The minimum absolute atomic E-state index is 0.0943. The summed E-state index contributed by atoms with van der Waals surface area (Å²) in [4.78, 5) is 21.6. The van der Waals surface area contributed by atoms with Gasteiger partial charge in [0.25, 0.3) is 5.91 Å². The van der Waals surface area contributed by atoms with Gasteiger partial charge < -0.3 is 9.47 Å². The third-order valence-corrected chi connectivity index (χ3v) is 2.83. The van der Waals surface area contributed by atoms with E-state index in [1.165, 1.54) is 7.11 Å². The number of hydrazine groups is 1. The molecule has 0 spiro atoms. The van der Waals surface area contributed by atoms with Gasteiger partial charge in [-0.3, -0.25) is 20.3 Å². The van der Waals surface area contributed by atoms with Gasteiger partial charge in [-0.1, -0.05) is 0 Å². The van der Waals surface area contributed by atoms with Crippen molar-refractivity contribution >= 4 is 27.5 Å². The lowest BCUT2D eigenvalue weighted by atomic mass is 10.2. The first-order valence-electron chi connectivity index (χ1n) is 5.20. The normalized spacial score (nSPS) is 11.8. The number of benzene rings is 1. The van der Waals surface area contributed by atoms with E-state index in [1.807, 2.05) is 5.43 Å². The summed E-state index contributed by atoms with van der Waals surface area (Å²) in [6, 6.07) is 1.74. The molecular weight excluding hydrogens is 341 g/mol. The Hall–Kier alpha value is -1.78. The molecule has 0 saturated heterocycles. The van der Waals surface area contributed by atoms with Gasteiger partial charge in [-0.05, 0) is 15.9 Å². The summed E-state index contributed by atoms with van der Waals surface area (Å²) in [6.07, 6.45) is -1.25. The summed E-state index contributed by atoms with van der Waals surface area (Å²) in [6.45, 7) is -0.210. The van der Waals surface area contributed by atoms with E-state index >= 15 is 0 Å². The number of carbonyl (C=O) groups excluding carboxylic acids is 1. The van der Waals surface area contributed by atoms with Crippen molar-refractivity contribution in [2.45, 2.75) is 6.10 Å². The van der Waals surface area contributed by atoms with Crippen molar-refractivity contribution in [1.82, 2.24) is 5.43 Å². The van der Waals surface area contributed by atoms with Gasteiger partial charge in [0.1, 0.15) is 5.82 Å². The Balaban J connectivity index is 3.14. The summed E-state index contributed by atoms with van der Waals surface area (Å²) in [5.74, 6) is 3.03. The van der Waals surface area contributed by atoms with Crippen LogP contribution in [0.2, 0.25) is 0 Å². The predicted molar refractivity (Wildman–Crippen MR) is 69.4 cm³/mol. The highest BCUT2D eigenvalue weighted by atomic mass is 79.9. The van der Waals surface area contributed by atoms with Gasteiger partial charge in [-0.15, -0.1) is 0 Å². The van der Waals surface area contributed by atoms with Crippen LogP contribution in [0.25, 0.3) is 0 Å². The second-order valence-corrected chi connectivity index (χ2v) is 4.42. The maximum atomic E-state index is 13.4. The molecule has 1 unspecified atom stereocenters. The molecule has 0 aliphatic carbocycles. The van der Waals surface area contributed by atoms with E-state index in [4.69, 9.17) is 15.3 Å². The third kappa shape index (κ3) is 3.85. The maximum Gasteiger partial charge on any atom is 0.312 e. The number of nitro benzene ring substituents is 1. The molecule has 10 heteroatoms. The lowest BCUT2D eigenvalue weighted by molar-refractivity contribution is -0.386. The van der Waals surface area contributed by atoms with Gasteiger partial charge in [0, 0.05) is 19.2 Å². The first-order chi connectivity index (χ1) is 9.40. The van der Waals surface area contributed by atoms with E-state index in [1.54, 1.807) is 0 Å². The maximum absolute atomic E-state index is 13.4. The molecule has 1 amide bonds. The Labute approximate surface area is 121 Å². The zero-order valence-electron chi connectivity index (χ0n) is 10.3. The zero-order chi connectivity index (χ0) is 15.3. The summed E-state index contributed by atoms with van der Waals surface area (Å²) < 4.78 is 23.2. The number of rotatable bonds is 6. The van der Waals surface area contributed by atoms with E-state index < -0.39 is 34.2 Å².